The van der Waals surface area contributed by atoms with Crippen LogP contribution >= 0.6 is 0 Å². The molecule has 3 heteroatoms. The van der Waals surface area contributed by atoms with E-state index in [-0.39, 0.29) is 12.4 Å². The zero-order chi connectivity index (χ0) is 10.2. The lowest BCUT2D eigenvalue weighted by Crippen LogP contribution is -2.20. The predicted molar refractivity (Wildman–Crippen MR) is 54.3 cm³/mol. The summed E-state index contributed by atoms with van der Waals surface area (Å²) in [6.45, 7) is 3.65. The van der Waals surface area contributed by atoms with Gasteiger partial charge in [-0.15, -0.1) is 0 Å². The van der Waals surface area contributed by atoms with Crippen molar-refractivity contribution in [3.8, 4) is 0 Å². The molecule has 0 bridgehead atoms. The largest absolute Gasteiger partial charge is 0.378 e. The molecule has 0 aromatic rings. The van der Waals surface area contributed by atoms with E-state index >= 15 is 0 Å². The second-order valence-corrected chi connectivity index (χ2v) is 3.70. The maximum Gasteiger partial charge on any atom is 0.158 e. The molecule has 3 nitrogen and oxygen atoms in total. The summed E-state index contributed by atoms with van der Waals surface area (Å²) in [5.74, 6) is 0.195. The Bertz CT molecular complexity index is 162. The molecule has 0 amide bonds. The van der Waals surface area contributed by atoms with Gasteiger partial charge in [-0.1, -0.05) is 0 Å². The Kier molecular flexibility index (Phi) is 5.80. The molecule has 14 heavy (non-hydrogen) atoms. The average molecular weight is 200 g/mol. The minimum atomic E-state index is 0.195. The summed E-state index contributed by atoms with van der Waals surface area (Å²) in [5.41, 5.74) is 0. The summed E-state index contributed by atoms with van der Waals surface area (Å²) in [6, 6.07) is 0. The van der Waals surface area contributed by atoms with Gasteiger partial charge < -0.3 is 9.47 Å². The monoisotopic (exact) mass is 200 g/mol. The molecule has 0 radical (unpaired) electrons. The van der Waals surface area contributed by atoms with Gasteiger partial charge in [0.25, 0.3) is 0 Å². The number of carbonyl (C=O) groups is 1. The van der Waals surface area contributed by atoms with Gasteiger partial charge in [-0.3, -0.25) is 4.79 Å². The second kappa shape index (κ2) is 6.96. The van der Waals surface area contributed by atoms with Crippen molar-refractivity contribution in [1.29, 1.82) is 0 Å². The lowest BCUT2D eigenvalue weighted by atomic mass is 10.0. The Hall–Kier alpha value is -0.410. The lowest BCUT2D eigenvalue weighted by Gasteiger charge is -2.21. The molecule has 0 N–H and O–H groups in total. The van der Waals surface area contributed by atoms with E-state index < -0.39 is 0 Å². The van der Waals surface area contributed by atoms with Crippen LogP contribution in [-0.4, -0.2) is 31.7 Å². The van der Waals surface area contributed by atoms with Gasteiger partial charge >= 0.3 is 0 Å². The van der Waals surface area contributed by atoms with Gasteiger partial charge in [0.15, 0.2) is 5.78 Å². The summed E-state index contributed by atoms with van der Waals surface area (Å²) < 4.78 is 10.6. The molecular formula is C11H20O3. The Balaban J connectivity index is 2.03. The van der Waals surface area contributed by atoms with E-state index in [0.717, 1.165) is 19.4 Å². The van der Waals surface area contributed by atoms with Crippen LogP contribution in [0.2, 0.25) is 0 Å². The molecule has 1 atom stereocenters. The molecule has 0 aromatic carbocycles. The maximum absolute atomic E-state index is 11.3. The zero-order valence-corrected chi connectivity index (χ0v) is 8.96. The van der Waals surface area contributed by atoms with Crippen molar-refractivity contribution in [3.05, 3.63) is 0 Å². The van der Waals surface area contributed by atoms with Crippen molar-refractivity contribution in [3.63, 3.8) is 0 Å². The molecule has 0 aliphatic carbocycles. The van der Waals surface area contributed by atoms with Crippen LogP contribution in [0.15, 0.2) is 0 Å². The van der Waals surface area contributed by atoms with Gasteiger partial charge in [0, 0.05) is 19.6 Å². The van der Waals surface area contributed by atoms with E-state index in [0.29, 0.717) is 19.1 Å². The molecule has 1 saturated heterocycles. The fourth-order valence-corrected chi connectivity index (χ4v) is 1.65. The topological polar surface area (TPSA) is 35.5 Å². The van der Waals surface area contributed by atoms with Crippen molar-refractivity contribution in [2.75, 3.05) is 19.8 Å². The molecule has 82 valence electrons. The third-order valence-electron chi connectivity index (χ3n) is 2.49. The number of rotatable bonds is 6. The van der Waals surface area contributed by atoms with Crippen LogP contribution in [0, 0.1) is 0 Å². The molecule has 0 spiro atoms. The van der Waals surface area contributed by atoms with Crippen molar-refractivity contribution >= 4 is 5.78 Å². The molecule has 1 heterocycles. The van der Waals surface area contributed by atoms with Gasteiger partial charge in [0.05, 0.1) is 6.10 Å². The summed E-state index contributed by atoms with van der Waals surface area (Å²) in [4.78, 5) is 11.3. The number of hydrogen-bond acceptors (Lipinski definition) is 3. The maximum atomic E-state index is 11.3. The number of hydrogen-bond donors (Lipinski definition) is 0. The van der Waals surface area contributed by atoms with Crippen LogP contribution in [0.5, 0.6) is 0 Å². The van der Waals surface area contributed by atoms with Crippen LogP contribution in [0.25, 0.3) is 0 Å². The Morgan fingerprint density at radius 2 is 2.36 bits per heavy atom. The highest BCUT2D eigenvalue weighted by molar-refractivity contribution is 5.79. The number of ether oxygens (including phenoxy) is 2. The second-order valence-electron chi connectivity index (χ2n) is 3.70. The zero-order valence-electron chi connectivity index (χ0n) is 8.96. The SMILES string of the molecule is CCOCC(=O)CCC1CCCCO1. The van der Waals surface area contributed by atoms with E-state index in [2.05, 4.69) is 0 Å². The van der Waals surface area contributed by atoms with Crippen LogP contribution in [-0.2, 0) is 14.3 Å². The van der Waals surface area contributed by atoms with Crippen LogP contribution < -0.4 is 0 Å². The number of ketones is 1. The fourth-order valence-electron chi connectivity index (χ4n) is 1.65. The number of Topliss-reactive ketones (excluding diaryl/α,β-unsaturated/α-hetero) is 1. The van der Waals surface area contributed by atoms with Crippen molar-refractivity contribution in [2.45, 2.75) is 45.1 Å². The van der Waals surface area contributed by atoms with E-state index in [1.54, 1.807) is 0 Å². The average Bonchev–Trinajstić information content (AvgIpc) is 2.25. The highest BCUT2D eigenvalue weighted by Gasteiger charge is 2.14. The highest BCUT2D eigenvalue weighted by Crippen LogP contribution is 2.16. The van der Waals surface area contributed by atoms with Gasteiger partial charge in [0.2, 0.25) is 0 Å². The van der Waals surface area contributed by atoms with Crippen LogP contribution in [0.4, 0.5) is 0 Å². The van der Waals surface area contributed by atoms with Crippen molar-refractivity contribution < 1.29 is 14.3 Å². The normalized spacial score (nSPS) is 22.2. The quantitative estimate of drug-likeness (QED) is 0.657. The summed E-state index contributed by atoms with van der Waals surface area (Å²) in [7, 11) is 0. The summed E-state index contributed by atoms with van der Waals surface area (Å²) >= 11 is 0. The molecule has 0 saturated carbocycles. The summed E-state index contributed by atoms with van der Waals surface area (Å²) in [5, 5.41) is 0. The molecule has 1 fully saturated rings. The first-order valence-corrected chi connectivity index (χ1v) is 5.54. The molecule has 1 aliphatic rings. The third kappa shape index (κ3) is 4.72. The Labute approximate surface area is 85.8 Å². The van der Waals surface area contributed by atoms with Crippen molar-refractivity contribution in [2.24, 2.45) is 0 Å². The van der Waals surface area contributed by atoms with E-state index in [4.69, 9.17) is 9.47 Å². The first-order valence-electron chi connectivity index (χ1n) is 5.54. The standard InChI is InChI=1S/C11H20O3/c1-2-13-9-10(12)6-7-11-5-3-4-8-14-11/h11H,2-9H2,1H3. The Morgan fingerprint density at radius 1 is 1.50 bits per heavy atom. The minimum Gasteiger partial charge on any atom is -0.378 e. The van der Waals surface area contributed by atoms with E-state index in [1.165, 1.54) is 12.8 Å². The van der Waals surface area contributed by atoms with Gasteiger partial charge in [-0.2, -0.15) is 0 Å². The van der Waals surface area contributed by atoms with Crippen molar-refractivity contribution in [1.82, 2.24) is 0 Å². The van der Waals surface area contributed by atoms with E-state index in [1.807, 2.05) is 6.92 Å². The Morgan fingerprint density at radius 3 is 3.00 bits per heavy atom. The highest BCUT2D eigenvalue weighted by atomic mass is 16.5. The van der Waals surface area contributed by atoms with Gasteiger partial charge in [0.1, 0.15) is 6.61 Å². The third-order valence-corrected chi connectivity index (χ3v) is 2.49. The first kappa shape index (κ1) is 11.7. The molecule has 1 unspecified atom stereocenters. The van der Waals surface area contributed by atoms with Gasteiger partial charge in [-0.25, -0.2) is 0 Å². The summed E-state index contributed by atoms with van der Waals surface area (Å²) in [6.07, 6.45) is 5.31. The smallest absolute Gasteiger partial charge is 0.158 e. The molecule has 1 aliphatic heterocycles. The first-order chi connectivity index (χ1) is 6.83. The minimum absolute atomic E-state index is 0.195. The van der Waals surface area contributed by atoms with E-state index in [9.17, 15) is 4.79 Å². The predicted octanol–water partition coefficient (Wildman–Crippen LogP) is 1.94. The van der Waals surface area contributed by atoms with Crippen LogP contribution in [0.3, 0.4) is 0 Å². The van der Waals surface area contributed by atoms with Gasteiger partial charge in [-0.05, 0) is 32.6 Å². The van der Waals surface area contributed by atoms with Crippen LogP contribution in [0.1, 0.15) is 39.0 Å². The molecule has 1 rings (SSSR count). The fraction of sp³-hybridized carbons (Fsp3) is 0.909. The molecular weight excluding hydrogens is 180 g/mol. The lowest BCUT2D eigenvalue weighted by molar-refractivity contribution is -0.124. The molecule has 0 aromatic heterocycles. The number of carbonyl (C=O) groups excluding carboxylic acids is 1.